The van der Waals surface area contributed by atoms with Gasteiger partial charge in [-0.05, 0) is 48.4 Å². The van der Waals surface area contributed by atoms with Crippen LogP contribution < -0.4 is 5.32 Å². The molecule has 4 heteroatoms. The molecule has 0 saturated carbocycles. The Morgan fingerprint density at radius 1 is 0.962 bits per heavy atom. The monoisotopic (exact) mass is 358 g/mol. The van der Waals surface area contributed by atoms with E-state index in [0.29, 0.717) is 11.1 Å². The third-order valence-corrected chi connectivity index (χ3v) is 5.13. The summed E-state index contributed by atoms with van der Waals surface area (Å²) in [6.45, 7) is 2.10. The molecular formula is C22H18N2OS. The number of amides is 1. The molecule has 26 heavy (non-hydrogen) atoms. The van der Waals surface area contributed by atoms with E-state index in [1.165, 1.54) is 17.3 Å². The van der Waals surface area contributed by atoms with E-state index in [1.807, 2.05) is 60.7 Å². The van der Waals surface area contributed by atoms with E-state index in [0.717, 1.165) is 21.9 Å². The first-order chi connectivity index (χ1) is 12.7. The molecular weight excluding hydrogens is 340 g/mol. The molecule has 0 unspecified atom stereocenters. The molecule has 0 spiro atoms. The average molecular weight is 358 g/mol. The lowest BCUT2D eigenvalue weighted by Gasteiger charge is -2.11. The van der Waals surface area contributed by atoms with E-state index >= 15 is 0 Å². The summed E-state index contributed by atoms with van der Waals surface area (Å²) in [5.74, 6) is -0.160. The number of aryl methyl sites for hydroxylation is 1. The van der Waals surface area contributed by atoms with Crippen molar-refractivity contribution in [2.45, 2.75) is 23.1 Å². The second kappa shape index (κ2) is 8.37. The van der Waals surface area contributed by atoms with E-state index in [4.69, 9.17) is 0 Å². The maximum atomic E-state index is 12.7. The van der Waals surface area contributed by atoms with Gasteiger partial charge in [0, 0.05) is 15.5 Å². The van der Waals surface area contributed by atoms with Crippen LogP contribution in [0.15, 0.2) is 82.6 Å². The van der Waals surface area contributed by atoms with E-state index < -0.39 is 0 Å². The van der Waals surface area contributed by atoms with Crippen LogP contribution in [0.4, 0.5) is 5.69 Å². The molecule has 128 valence electrons. The van der Waals surface area contributed by atoms with Gasteiger partial charge in [-0.2, -0.15) is 5.26 Å². The van der Waals surface area contributed by atoms with Crippen LogP contribution in [-0.2, 0) is 6.42 Å². The smallest absolute Gasteiger partial charge is 0.256 e. The normalized spacial score (nSPS) is 10.2. The van der Waals surface area contributed by atoms with Gasteiger partial charge in [-0.25, -0.2) is 0 Å². The predicted molar refractivity (Wildman–Crippen MR) is 105 cm³/mol. The Morgan fingerprint density at radius 3 is 2.31 bits per heavy atom. The number of carbonyl (C=O) groups excluding carboxylic acids is 1. The standard InChI is InChI=1S/C22H18N2OS/c1-2-16-11-13-18(14-12-16)24-22(25)19-8-4-6-10-21(19)26-20-9-5-3-7-17(20)15-23/h3-14H,2H2,1H3,(H,24,25). The van der Waals surface area contributed by atoms with Gasteiger partial charge in [0.05, 0.1) is 11.1 Å². The molecule has 3 rings (SSSR count). The highest BCUT2D eigenvalue weighted by atomic mass is 32.2. The topological polar surface area (TPSA) is 52.9 Å². The second-order valence-corrected chi connectivity index (χ2v) is 6.79. The maximum Gasteiger partial charge on any atom is 0.256 e. The van der Waals surface area contributed by atoms with Crippen LogP contribution in [-0.4, -0.2) is 5.91 Å². The summed E-state index contributed by atoms with van der Waals surface area (Å²) in [5, 5.41) is 12.2. The Hall–Kier alpha value is -3.03. The molecule has 0 atom stereocenters. The van der Waals surface area contributed by atoms with Crippen LogP contribution in [0.1, 0.15) is 28.4 Å². The van der Waals surface area contributed by atoms with Crippen LogP contribution in [0.2, 0.25) is 0 Å². The number of hydrogen-bond acceptors (Lipinski definition) is 3. The molecule has 0 aliphatic carbocycles. The molecule has 0 aliphatic rings. The molecule has 3 aromatic carbocycles. The number of anilines is 1. The Morgan fingerprint density at radius 2 is 1.62 bits per heavy atom. The summed E-state index contributed by atoms with van der Waals surface area (Å²) in [6, 6.07) is 24.9. The Kier molecular flexibility index (Phi) is 5.73. The van der Waals surface area contributed by atoms with Crippen molar-refractivity contribution in [1.29, 1.82) is 5.26 Å². The van der Waals surface area contributed by atoms with Gasteiger partial charge in [-0.3, -0.25) is 4.79 Å². The summed E-state index contributed by atoms with van der Waals surface area (Å²) in [7, 11) is 0. The number of carbonyl (C=O) groups is 1. The minimum Gasteiger partial charge on any atom is -0.322 e. The first kappa shape index (κ1) is 17.8. The van der Waals surface area contributed by atoms with Crippen molar-refractivity contribution < 1.29 is 4.79 Å². The van der Waals surface area contributed by atoms with Gasteiger partial charge in [0.25, 0.3) is 5.91 Å². The van der Waals surface area contributed by atoms with Crippen LogP contribution in [0.3, 0.4) is 0 Å². The number of rotatable bonds is 5. The molecule has 1 N–H and O–H groups in total. The summed E-state index contributed by atoms with van der Waals surface area (Å²) in [4.78, 5) is 14.4. The summed E-state index contributed by atoms with van der Waals surface area (Å²) < 4.78 is 0. The lowest BCUT2D eigenvalue weighted by atomic mass is 10.1. The lowest BCUT2D eigenvalue weighted by molar-refractivity contribution is 0.102. The third kappa shape index (κ3) is 4.14. The predicted octanol–water partition coefficient (Wildman–Crippen LogP) is 5.52. The van der Waals surface area contributed by atoms with Gasteiger partial charge >= 0.3 is 0 Å². The number of nitrogens with zero attached hydrogens (tertiary/aromatic N) is 1. The molecule has 3 nitrogen and oxygen atoms in total. The fourth-order valence-electron chi connectivity index (χ4n) is 2.53. The van der Waals surface area contributed by atoms with Crippen molar-refractivity contribution >= 4 is 23.4 Å². The highest BCUT2D eigenvalue weighted by Gasteiger charge is 2.13. The second-order valence-electron chi connectivity index (χ2n) is 5.71. The van der Waals surface area contributed by atoms with Crippen molar-refractivity contribution in [2.75, 3.05) is 5.32 Å². The summed E-state index contributed by atoms with van der Waals surface area (Å²) in [5.41, 5.74) is 3.18. The van der Waals surface area contributed by atoms with E-state index in [9.17, 15) is 10.1 Å². The lowest BCUT2D eigenvalue weighted by Crippen LogP contribution is -2.12. The zero-order valence-electron chi connectivity index (χ0n) is 14.4. The van der Waals surface area contributed by atoms with Gasteiger partial charge in [-0.1, -0.05) is 55.1 Å². The molecule has 0 heterocycles. The SMILES string of the molecule is CCc1ccc(NC(=O)c2ccccc2Sc2ccccc2C#N)cc1. The number of benzene rings is 3. The fraction of sp³-hybridized carbons (Fsp3) is 0.0909. The Balaban J connectivity index is 1.84. The van der Waals surface area contributed by atoms with E-state index in [-0.39, 0.29) is 5.91 Å². The van der Waals surface area contributed by atoms with Gasteiger partial charge in [-0.15, -0.1) is 0 Å². The zero-order valence-corrected chi connectivity index (χ0v) is 15.2. The van der Waals surface area contributed by atoms with Crippen LogP contribution in [0, 0.1) is 11.3 Å². The van der Waals surface area contributed by atoms with Crippen molar-refractivity contribution in [1.82, 2.24) is 0 Å². The molecule has 3 aromatic rings. The zero-order chi connectivity index (χ0) is 18.4. The molecule has 0 saturated heterocycles. The first-order valence-electron chi connectivity index (χ1n) is 8.37. The molecule has 0 bridgehead atoms. The first-order valence-corrected chi connectivity index (χ1v) is 9.19. The molecule has 0 radical (unpaired) electrons. The average Bonchev–Trinajstić information content (AvgIpc) is 2.69. The van der Waals surface area contributed by atoms with Gasteiger partial charge in [0.2, 0.25) is 0 Å². The number of hydrogen-bond donors (Lipinski definition) is 1. The minimum atomic E-state index is -0.160. The van der Waals surface area contributed by atoms with E-state index in [1.54, 1.807) is 12.1 Å². The maximum absolute atomic E-state index is 12.7. The molecule has 0 aromatic heterocycles. The van der Waals surface area contributed by atoms with Crippen LogP contribution in [0.25, 0.3) is 0 Å². The van der Waals surface area contributed by atoms with Crippen molar-refractivity contribution in [3.63, 3.8) is 0 Å². The summed E-state index contributed by atoms with van der Waals surface area (Å²) >= 11 is 1.43. The quantitative estimate of drug-likeness (QED) is 0.653. The fourth-order valence-corrected chi connectivity index (χ4v) is 3.56. The van der Waals surface area contributed by atoms with Crippen LogP contribution in [0.5, 0.6) is 0 Å². The van der Waals surface area contributed by atoms with Crippen molar-refractivity contribution in [2.24, 2.45) is 0 Å². The Bertz CT molecular complexity index is 958. The van der Waals surface area contributed by atoms with Crippen molar-refractivity contribution in [3.05, 3.63) is 89.5 Å². The third-order valence-electron chi connectivity index (χ3n) is 3.98. The molecule has 1 amide bonds. The molecule has 0 aliphatic heterocycles. The molecule has 0 fully saturated rings. The summed E-state index contributed by atoms with van der Waals surface area (Å²) in [6.07, 6.45) is 0.964. The Labute approximate surface area is 157 Å². The highest BCUT2D eigenvalue weighted by Crippen LogP contribution is 2.32. The number of nitrogens with one attached hydrogen (secondary N) is 1. The number of nitriles is 1. The van der Waals surface area contributed by atoms with Gasteiger partial charge < -0.3 is 5.32 Å². The highest BCUT2D eigenvalue weighted by molar-refractivity contribution is 7.99. The van der Waals surface area contributed by atoms with Gasteiger partial charge in [0.15, 0.2) is 0 Å². The van der Waals surface area contributed by atoms with E-state index in [2.05, 4.69) is 18.3 Å². The largest absolute Gasteiger partial charge is 0.322 e. The van der Waals surface area contributed by atoms with Gasteiger partial charge in [0.1, 0.15) is 6.07 Å². The van der Waals surface area contributed by atoms with Crippen LogP contribution >= 0.6 is 11.8 Å². The van der Waals surface area contributed by atoms with Crippen molar-refractivity contribution in [3.8, 4) is 6.07 Å². The minimum absolute atomic E-state index is 0.160.